The van der Waals surface area contributed by atoms with Crippen LogP contribution in [-0.4, -0.2) is 17.0 Å². The Kier molecular flexibility index (Phi) is 3.51. The lowest BCUT2D eigenvalue weighted by Gasteiger charge is -2.06. The Morgan fingerprint density at radius 3 is 2.79 bits per heavy atom. The predicted molar refractivity (Wildman–Crippen MR) is 68.0 cm³/mol. The minimum absolute atomic E-state index is 0.0986. The van der Waals surface area contributed by atoms with Crippen molar-refractivity contribution < 1.29 is 19.1 Å². The molecule has 0 saturated carbocycles. The predicted octanol–water partition coefficient (Wildman–Crippen LogP) is 1.69. The van der Waals surface area contributed by atoms with Crippen molar-refractivity contribution in [1.82, 2.24) is 0 Å². The Balaban J connectivity index is 2.10. The van der Waals surface area contributed by atoms with Crippen LogP contribution in [0.2, 0.25) is 0 Å². The molecule has 98 valence electrons. The van der Waals surface area contributed by atoms with Crippen molar-refractivity contribution >= 4 is 17.6 Å². The number of nitrogens with two attached hydrogens (primary N) is 1. The summed E-state index contributed by atoms with van der Waals surface area (Å²) in [5, 5.41) is 11.9. The standard InChI is InChI=1S/C13H12N2O4/c14-12(16)8-2-1-3-10(6-8)15-7-9-4-5-19-11(9)13(17)18/h1-6,15H,7H2,(H2,14,16)(H,17,18). The lowest BCUT2D eigenvalue weighted by atomic mass is 10.2. The number of hydrogen-bond donors (Lipinski definition) is 3. The first-order valence-corrected chi connectivity index (χ1v) is 5.51. The summed E-state index contributed by atoms with van der Waals surface area (Å²) >= 11 is 0. The van der Waals surface area contributed by atoms with E-state index in [4.69, 9.17) is 15.3 Å². The van der Waals surface area contributed by atoms with Crippen molar-refractivity contribution in [2.75, 3.05) is 5.32 Å². The molecule has 2 rings (SSSR count). The fourth-order valence-electron chi connectivity index (χ4n) is 1.64. The lowest BCUT2D eigenvalue weighted by Crippen LogP contribution is -2.11. The SMILES string of the molecule is NC(=O)c1cccc(NCc2ccoc2C(=O)O)c1. The second-order valence-corrected chi connectivity index (χ2v) is 3.88. The van der Waals surface area contributed by atoms with E-state index in [1.165, 1.54) is 6.26 Å². The van der Waals surface area contributed by atoms with Crippen LogP contribution in [0, 0.1) is 0 Å². The molecule has 0 fully saturated rings. The van der Waals surface area contributed by atoms with Crippen LogP contribution in [0.3, 0.4) is 0 Å². The molecule has 0 spiro atoms. The van der Waals surface area contributed by atoms with Gasteiger partial charge < -0.3 is 20.6 Å². The number of furan rings is 1. The summed E-state index contributed by atoms with van der Waals surface area (Å²) in [6.45, 7) is 0.278. The first-order valence-electron chi connectivity index (χ1n) is 5.51. The molecule has 0 atom stereocenters. The Labute approximate surface area is 108 Å². The fraction of sp³-hybridized carbons (Fsp3) is 0.0769. The summed E-state index contributed by atoms with van der Waals surface area (Å²) in [5.41, 5.74) is 6.76. The molecule has 0 unspecified atom stereocenters. The van der Waals surface area contributed by atoms with Crippen LogP contribution in [0.25, 0.3) is 0 Å². The maximum Gasteiger partial charge on any atom is 0.372 e. The van der Waals surface area contributed by atoms with Gasteiger partial charge in [-0.1, -0.05) is 6.07 Å². The number of carbonyl (C=O) groups is 2. The van der Waals surface area contributed by atoms with Crippen molar-refractivity contribution in [2.45, 2.75) is 6.54 Å². The van der Waals surface area contributed by atoms with Crippen molar-refractivity contribution in [3.8, 4) is 0 Å². The van der Waals surface area contributed by atoms with E-state index in [2.05, 4.69) is 5.32 Å². The number of carboxylic acids is 1. The van der Waals surface area contributed by atoms with Gasteiger partial charge >= 0.3 is 5.97 Å². The van der Waals surface area contributed by atoms with Gasteiger partial charge in [-0.15, -0.1) is 0 Å². The average Bonchev–Trinajstić information content (AvgIpc) is 2.85. The Bertz CT molecular complexity index is 619. The zero-order valence-corrected chi connectivity index (χ0v) is 9.92. The monoisotopic (exact) mass is 260 g/mol. The number of anilines is 1. The van der Waals surface area contributed by atoms with Gasteiger partial charge in [0.15, 0.2) is 0 Å². The molecule has 0 radical (unpaired) electrons. The Morgan fingerprint density at radius 2 is 2.11 bits per heavy atom. The number of rotatable bonds is 5. The molecule has 0 bridgehead atoms. The second-order valence-electron chi connectivity index (χ2n) is 3.88. The molecule has 1 aromatic heterocycles. The summed E-state index contributed by atoms with van der Waals surface area (Å²) in [6.07, 6.45) is 1.32. The van der Waals surface area contributed by atoms with E-state index >= 15 is 0 Å². The molecule has 0 aliphatic carbocycles. The molecule has 1 amide bonds. The lowest BCUT2D eigenvalue weighted by molar-refractivity contribution is 0.0660. The van der Waals surface area contributed by atoms with Gasteiger partial charge in [-0.05, 0) is 24.3 Å². The first-order chi connectivity index (χ1) is 9.08. The highest BCUT2D eigenvalue weighted by atomic mass is 16.4. The number of carbonyl (C=O) groups excluding carboxylic acids is 1. The van der Waals surface area contributed by atoms with Crippen molar-refractivity contribution in [1.29, 1.82) is 0 Å². The van der Waals surface area contributed by atoms with Gasteiger partial charge in [-0.25, -0.2) is 4.79 Å². The zero-order valence-electron chi connectivity index (χ0n) is 9.92. The molecular formula is C13H12N2O4. The van der Waals surface area contributed by atoms with Crippen LogP contribution in [0.1, 0.15) is 26.5 Å². The molecule has 2 aromatic rings. The molecule has 6 heteroatoms. The number of aromatic carboxylic acids is 1. The number of benzene rings is 1. The molecule has 0 saturated heterocycles. The maximum atomic E-state index is 11.0. The number of carboxylic acid groups (broad SMARTS) is 1. The van der Waals surface area contributed by atoms with E-state index in [-0.39, 0.29) is 12.3 Å². The highest BCUT2D eigenvalue weighted by Crippen LogP contribution is 2.15. The fourth-order valence-corrected chi connectivity index (χ4v) is 1.64. The highest BCUT2D eigenvalue weighted by Gasteiger charge is 2.13. The van der Waals surface area contributed by atoms with Gasteiger partial charge in [0, 0.05) is 23.4 Å². The topological polar surface area (TPSA) is 106 Å². The minimum atomic E-state index is -1.12. The molecule has 6 nitrogen and oxygen atoms in total. The van der Waals surface area contributed by atoms with Crippen LogP contribution in [0.5, 0.6) is 0 Å². The van der Waals surface area contributed by atoms with Crippen LogP contribution in [0.15, 0.2) is 41.0 Å². The second kappa shape index (κ2) is 5.26. The number of hydrogen-bond acceptors (Lipinski definition) is 4. The first kappa shape index (κ1) is 12.7. The summed E-state index contributed by atoms with van der Waals surface area (Å²) in [7, 11) is 0. The Hall–Kier alpha value is -2.76. The quantitative estimate of drug-likeness (QED) is 0.758. The largest absolute Gasteiger partial charge is 0.475 e. The van der Waals surface area contributed by atoms with E-state index in [0.29, 0.717) is 16.8 Å². The number of amides is 1. The summed E-state index contributed by atoms with van der Waals surface area (Å²) in [6, 6.07) is 8.23. The summed E-state index contributed by atoms with van der Waals surface area (Å²) < 4.78 is 4.86. The smallest absolute Gasteiger partial charge is 0.372 e. The van der Waals surface area contributed by atoms with Gasteiger partial charge in [-0.2, -0.15) is 0 Å². The molecule has 0 aliphatic rings. The third kappa shape index (κ3) is 2.92. The van der Waals surface area contributed by atoms with Crippen LogP contribution < -0.4 is 11.1 Å². The molecule has 1 aromatic carbocycles. The molecule has 1 heterocycles. The maximum absolute atomic E-state index is 11.0. The zero-order chi connectivity index (χ0) is 13.8. The van der Waals surface area contributed by atoms with E-state index in [1.807, 2.05) is 0 Å². The van der Waals surface area contributed by atoms with Crippen molar-refractivity contribution in [3.63, 3.8) is 0 Å². The molecule has 4 N–H and O–H groups in total. The minimum Gasteiger partial charge on any atom is -0.475 e. The van der Waals surface area contributed by atoms with Gasteiger partial charge in [-0.3, -0.25) is 4.79 Å². The van der Waals surface area contributed by atoms with Crippen molar-refractivity contribution in [2.24, 2.45) is 5.73 Å². The van der Waals surface area contributed by atoms with Crippen molar-refractivity contribution in [3.05, 3.63) is 53.5 Å². The third-order valence-electron chi connectivity index (χ3n) is 2.57. The van der Waals surface area contributed by atoms with Gasteiger partial charge in [0.25, 0.3) is 0 Å². The molecule has 0 aliphatic heterocycles. The normalized spacial score (nSPS) is 10.1. The van der Waals surface area contributed by atoms with E-state index in [0.717, 1.165) is 0 Å². The van der Waals surface area contributed by atoms with Crippen LogP contribution >= 0.6 is 0 Å². The number of nitrogens with one attached hydrogen (secondary N) is 1. The van der Waals surface area contributed by atoms with Gasteiger partial charge in [0.1, 0.15) is 0 Å². The van der Waals surface area contributed by atoms with Crippen LogP contribution in [-0.2, 0) is 6.54 Å². The summed E-state index contributed by atoms with van der Waals surface area (Å²) in [5.74, 6) is -1.73. The van der Waals surface area contributed by atoms with E-state index < -0.39 is 11.9 Å². The summed E-state index contributed by atoms with van der Waals surface area (Å²) in [4.78, 5) is 21.9. The third-order valence-corrected chi connectivity index (χ3v) is 2.57. The van der Waals surface area contributed by atoms with Crippen LogP contribution in [0.4, 0.5) is 5.69 Å². The average molecular weight is 260 g/mol. The van der Waals surface area contributed by atoms with E-state index in [1.54, 1.807) is 30.3 Å². The van der Waals surface area contributed by atoms with E-state index in [9.17, 15) is 9.59 Å². The number of primary amides is 1. The van der Waals surface area contributed by atoms with Gasteiger partial charge in [0.2, 0.25) is 11.7 Å². The highest BCUT2D eigenvalue weighted by molar-refractivity contribution is 5.93. The molecule has 19 heavy (non-hydrogen) atoms. The van der Waals surface area contributed by atoms with Gasteiger partial charge in [0.05, 0.1) is 6.26 Å². The molecular weight excluding hydrogens is 248 g/mol. The Morgan fingerprint density at radius 1 is 1.32 bits per heavy atom.